The molecule has 2 unspecified atom stereocenters. The SMILES string of the molecule is CN=C(NCC(=O)N1CCc2sccc2C1)N1CC(C)OC(c2ccc(F)cc2)C1. The number of guanidine groups is 1. The molecule has 1 amide bonds. The molecule has 0 bridgehead atoms. The number of carbonyl (C=O) groups is 1. The molecule has 0 spiro atoms. The number of nitrogens with one attached hydrogen (secondary N) is 1. The first-order chi connectivity index (χ1) is 14.5. The number of hydrogen-bond acceptors (Lipinski definition) is 4. The zero-order valence-corrected chi connectivity index (χ0v) is 18.1. The quantitative estimate of drug-likeness (QED) is 0.601. The highest BCUT2D eigenvalue weighted by atomic mass is 32.1. The number of rotatable bonds is 3. The zero-order valence-electron chi connectivity index (χ0n) is 17.3. The van der Waals surface area contributed by atoms with Crippen LogP contribution in [-0.2, 0) is 22.5 Å². The molecule has 30 heavy (non-hydrogen) atoms. The van der Waals surface area contributed by atoms with Crippen molar-refractivity contribution < 1.29 is 13.9 Å². The van der Waals surface area contributed by atoms with Gasteiger partial charge >= 0.3 is 0 Å². The maximum atomic E-state index is 13.3. The van der Waals surface area contributed by atoms with Crippen molar-refractivity contribution in [3.63, 3.8) is 0 Å². The van der Waals surface area contributed by atoms with Crippen molar-refractivity contribution in [1.29, 1.82) is 0 Å². The van der Waals surface area contributed by atoms with Gasteiger partial charge < -0.3 is 19.9 Å². The Balaban J connectivity index is 1.36. The van der Waals surface area contributed by atoms with Crippen LogP contribution in [0.3, 0.4) is 0 Å². The topological polar surface area (TPSA) is 57.2 Å². The Hall–Kier alpha value is -2.45. The number of halogens is 1. The van der Waals surface area contributed by atoms with Gasteiger partial charge in [0.05, 0.1) is 19.2 Å². The molecule has 0 radical (unpaired) electrons. The van der Waals surface area contributed by atoms with E-state index in [9.17, 15) is 9.18 Å². The summed E-state index contributed by atoms with van der Waals surface area (Å²) >= 11 is 1.77. The molecular weight excluding hydrogens is 403 g/mol. The lowest BCUT2D eigenvalue weighted by Crippen LogP contribution is -2.52. The van der Waals surface area contributed by atoms with Gasteiger partial charge in [-0.05, 0) is 48.1 Å². The number of fused-ring (bicyclic) bond motifs is 1. The second-order valence-electron chi connectivity index (χ2n) is 7.73. The molecule has 1 aromatic heterocycles. The average Bonchev–Trinajstić information content (AvgIpc) is 3.22. The van der Waals surface area contributed by atoms with Crippen LogP contribution in [0.2, 0.25) is 0 Å². The Kier molecular flexibility index (Phi) is 6.34. The van der Waals surface area contributed by atoms with E-state index in [1.54, 1.807) is 30.5 Å². The van der Waals surface area contributed by atoms with Gasteiger partial charge in [0.15, 0.2) is 5.96 Å². The van der Waals surface area contributed by atoms with E-state index in [1.165, 1.54) is 22.6 Å². The minimum atomic E-state index is -0.261. The summed E-state index contributed by atoms with van der Waals surface area (Å²) in [5.41, 5.74) is 2.19. The molecule has 1 N–H and O–H groups in total. The number of aliphatic imine (C=N–C) groups is 1. The number of ether oxygens (including phenoxy) is 1. The summed E-state index contributed by atoms with van der Waals surface area (Å²) < 4.78 is 19.3. The number of amides is 1. The summed E-state index contributed by atoms with van der Waals surface area (Å²) in [4.78, 5) is 22.5. The average molecular weight is 431 g/mol. The largest absolute Gasteiger partial charge is 0.367 e. The summed E-state index contributed by atoms with van der Waals surface area (Å²) in [5.74, 6) is 0.492. The first kappa shape index (κ1) is 20.8. The Morgan fingerprint density at radius 1 is 1.27 bits per heavy atom. The molecule has 1 fully saturated rings. The third kappa shape index (κ3) is 4.65. The van der Waals surface area contributed by atoms with Crippen LogP contribution in [0.1, 0.15) is 29.0 Å². The maximum absolute atomic E-state index is 13.3. The fourth-order valence-electron chi connectivity index (χ4n) is 4.05. The second kappa shape index (κ2) is 9.14. The lowest BCUT2D eigenvalue weighted by Gasteiger charge is -2.39. The van der Waals surface area contributed by atoms with E-state index in [1.807, 2.05) is 11.8 Å². The van der Waals surface area contributed by atoms with E-state index >= 15 is 0 Å². The lowest BCUT2D eigenvalue weighted by molar-refractivity contribution is -0.130. The molecule has 2 aliphatic rings. The number of nitrogens with zero attached hydrogens (tertiary/aromatic N) is 3. The maximum Gasteiger partial charge on any atom is 0.242 e. The van der Waals surface area contributed by atoms with Crippen molar-refractivity contribution in [2.24, 2.45) is 4.99 Å². The predicted molar refractivity (Wildman–Crippen MR) is 116 cm³/mol. The van der Waals surface area contributed by atoms with Gasteiger partial charge in [-0.1, -0.05) is 12.1 Å². The summed E-state index contributed by atoms with van der Waals surface area (Å²) in [6, 6.07) is 8.52. The Morgan fingerprint density at radius 3 is 2.83 bits per heavy atom. The minimum Gasteiger partial charge on any atom is -0.367 e. The molecule has 160 valence electrons. The van der Waals surface area contributed by atoms with Gasteiger partial charge in [0.2, 0.25) is 5.91 Å². The van der Waals surface area contributed by atoms with Crippen LogP contribution in [0.5, 0.6) is 0 Å². The van der Waals surface area contributed by atoms with E-state index in [4.69, 9.17) is 4.74 Å². The molecule has 3 heterocycles. The molecule has 4 rings (SSSR count). The van der Waals surface area contributed by atoms with Gasteiger partial charge in [-0.3, -0.25) is 9.79 Å². The standard InChI is InChI=1S/C22H27FN4O2S/c1-15-12-27(14-19(29-15)16-3-5-18(23)6-4-16)22(24-2)25-11-21(28)26-9-7-20-17(13-26)8-10-30-20/h3-6,8,10,15,19H,7,9,11-14H2,1-2H3,(H,24,25). The summed E-state index contributed by atoms with van der Waals surface area (Å²) in [6.45, 7) is 4.92. The number of hydrogen-bond donors (Lipinski definition) is 1. The van der Waals surface area contributed by atoms with Crippen molar-refractivity contribution in [3.8, 4) is 0 Å². The van der Waals surface area contributed by atoms with Gasteiger partial charge in [0.25, 0.3) is 0 Å². The first-order valence-electron chi connectivity index (χ1n) is 10.2. The van der Waals surface area contributed by atoms with Crippen molar-refractivity contribution in [1.82, 2.24) is 15.1 Å². The number of thiophene rings is 1. The van der Waals surface area contributed by atoms with E-state index in [0.29, 0.717) is 25.6 Å². The van der Waals surface area contributed by atoms with Crippen LogP contribution in [0.25, 0.3) is 0 Å². The van der Waals surface area contributed by atoms with Crippen LogP contribution in [0.15, 0.2) is 40.7 Å². The van der Waals surface area contributed by atoms with E-state index in [2.05, 4.69) is 26.7 Å². The van der Waals surface area contributed by atoms with Crippen molar-refractivity contribution >= 4 is 23.2 Å². The van der Waals surface area contributed by atoms with Crippen molar-refractivity contribution in [2.75, 3.05) is 33.2 Å². The van der Waals surface area contributed by atoms with Gasteiger partial charge in [-0.25, -0.2) is 4.39 Å². The van der Waals surface area contributed by atoms with Gasteiger partial charge in [0, 0.05) is 31.6 Å². The molecule has 8 heteroatoms. The lowest BCUT2D eigenvalue weighted by atomic mass is 10.1. The highest BCUT2D eigenvalue weighted by Crippen LogP contribution is 2.26. The van der Waals surface area contributed by atoms with Crippen molar-refractivity contribution in [2.45, 2.75) is 32.1 Å². The van der Waals surface area contributed by atoms with E-state index < -0.39 is 0 Å². The highest BCUT2D eigenvalue weighted by molar-refractivity contribution is 7.10. The predicted octanol–water partition coefficient (Wildman–Crippen LogP) is 2.81. The molecule has 2 aliphatic heterocycles. The van der Waals surface area contributed by atoms with E-state index in [0.717, 1.165) is 18.5 Å². The third-order valence-electron chi connectivity index (χ3n) is 5.57. The van der Waals surface area contributed by atoms with E-state index in [-0.39, 0.29) is 30.5 Å². The molecule has 0 saturated carbocycles. The summed E-state index contributed by atoms with van der Waals surface area (Å²) in [5, 5.41) is 5.32. The molecule has 1 saturated heterocycles. The fourth-order valence-corrected chi connectivity index (χ4v) is 4.94. The molecule has 1 aromatic carbocycles. The Morgan fingerprint density at radius 2 is 2.07 bits per heavy atom. The number of morpholine rings is 1. The second-order valence-corrected chi connectivity index (χ2v) is 8.73. The smallest absolute Gasteiger partial charge is 0.242 e. The summed E-state index contributed by atoms with van der Waals surface area (Å²) in [7, 11) is 1.72. The van der Waals surface area contributed by atoms with Crippen molar-refractivity contribution in [3.05, 3.63) is 57.5 Å². The molecule has 0 aliphatic carbocycles. The third-order valence-corrected chi connectivity index (χ3v) is 6.59. The van der Waals surface area contributed by atoms with Gasteiger partial charge in [-0.2, -0.15) is 0 Å². The molecule has 2 atom stereocenters. The minimum absolute atomic E-state index is 0.0119. The number of carbonyl (C=O) groups excluding carboxylic acids is 1. The molecule has 2 aromatic rings. The Labute approximate surface area is 180 Å². The van der Waals surface area contributed by atoms with Gasteiger partial charge in [-0.15, -0.1) is 11.3 Å². The molecular formula is C22H27FN4O2S. The zero-order chi connectivity index (χ0) is 21.1. The Bertz CT molecular complexity index is 914. The normalized spacial score (nSPS) is 22.0. The first-order valence-corrected chi connectivity index (χ1v) is 11.1. The van der Waals surface area contributed by atoms with Crippen LogP contribution in [-0.4, -0.2) is 61.0 Å². The fraction of sp³-hybridized carbons (Fsp3) is 0.455. The highest BCUT2D eigenvalue weighted by Gasteiger charge is 2.29. The number of benzene rings is 1. The van der Waals surface area contributed by atoms with Crippen LogP contribution < -0.4 is 5.32 Å². The van der Waals surface area contributed by atoms with Crippen LogP contribution in [0.4, 0.5) is 4.39 Å². The van der Waals surface area contributed by atoms with Gasteiger partial charge in [0.1, 0.15) is 11.9 Å². The summed E-state index contributed by atoms with van der Waals surface area (Å²) in [6.07, 6.45) is 0.734. The van der Waals surface area contributed by atoms with Crippen LogP contribution >= 0.6 is 11.3 Å². The molecule has 6 nitrogen and oxygen atoms in total. The monoisotopic (exact) mass is 430 g/mol. The van der Waals surface area contributed by atoms with Crippen LogP contribution in [0, 0.1) is 5.82 Å².